The van der Waals surface area contributed by atoms with Gasteiger partial charge in [-0.05, 0) is 30.5 Å². The fourth-order valence-corrected chi connectivity index (χ4v) is 2.19. The zero-order valence-electron chi connectivity index (χ0n) is 9.95. The lowest BCUT2D eigenvalue weighted by Crippen LogP contribution is -1.98. The molecule has 2 N–H and O–H groups in total. The molecule has 1 aromatic heterocycles. The molecule has 0 bridgehead atoms. The van der Waals surface area contributed by atoms with Gasteiger partial charge in [0, 0.05) is 24.6 Å². The standard InChI is InChI=1S/C13H13F2N3/c1-18-13(16)11(12(17-18)7-2-3-7)8-4-9(14)6-10(15)5-8/h4-7H,2-3,16H2,1H3. The molecule has 0 saturated heterocycles. The summed E-state index contributed by atoms with van der Waals surface area (Å²) in [5.74, 6) is -0.387. The summed E-state index contributed by atoms with van der Waals surface area (Å²) in [6.07, 6.45) is 2.11. The Morgan fingerprint density at radius 1 is 1.22 bits per heavy atom. The average molecular weight is 249 g/mol. The molecule has 1 aliphatic carbocycles. The van der Waals surface area contributed by atoms with Crippen molar-refractivity contribution >= 4 is 5.82 Å². The molecule has 0 atom stereocenters. The third-order valence-corrected chi connectivity index (χ3v) is 3.23. The second-order valence-corrected chi connectivity index (χ2v) is 4.70. The lowest BCUT2D eigenvalue weighted by molar-refractivity contribution is 0.584. The molecule has 0 amide bonds. The number of halogens is 2. The summed E-state index contributed by atoms with van der Waals surface area (Å²) in [5, 5.41) is 4.35. The maximum atomic E-state index is 13.3. The molecule has 1 aromatic carbocycles. The molecule has 0 unspecified atom stereocenters. The Morgan fingerprint density at radius 2 is 1.83 bits per heavy atom. The highest BCUT2D eigenvalue weighted by Gasteiger charge is 2.31. The van der Waals surface area contributed by atoms with E-state index in [4.69, 9.17) is 5.73 Å². The van der Waals surface area contributed by atoms with Crippen molar-refractivity contribution in [1.82, 2.24) is 9.78 Å². The van der Waals surface area contributed by atoms with Crippen molar-refractivity contribution in [3.8, 4) is 11.1 Å². The lowest BCUT2D eigenvalue weighted by atomic mass is 10.0. The van der Waals surface area contributed by atoms with Crippen LogP contribution in [0.2, 0.25) is 0 Å². The quantitative estimate of drug-likeness (QED) is 0.889. The maximum Gasteiger partial charge on any atom is 0.129 e. The van der Waals surface area contributed by atoms with E-state index in [1.807, 2.05) is 0 Å². The van der Waals surface area contributed by atoms with E-state index < -0.39 is 11.6 Å². The van der Waals surface area contributed by atoms with Crippen LogP contribution in [0.1, 0.15) is 24.5 Å². The van der Waals surface area contributed by atoms with Gasteiger partial charge >= 0.3 is 0 Å². The third kappa shape index (κ3) is 1.75. The summed E-state index contributed by atoms with van der Waals surface area (Å²) in [5.41, 5.74) is 7.93. The fraction of sp³-hybridized carbons (Fsp3) is 0.308. The largest absolute Gasteiger partial charge is 0.383 e. The monoisotopic (exact) mass is 249 g/mol. The third-order valence-electron chi connectivity index (χ3n) is 3.23. The van der Waals surface area contributed by atoms with Gasteiger partial charge in [0.2, 0.25) is 0 Å². The van der Waals surface area contributed by atoms with Crippen LogP contribution in [-0.4, -0.2) is 9.78 Å². The van der Waals surface area contributed by atoms with Crippen LogP contribution in [0.15, 0.2) is 18.2 Å². The molecule has 0 radical (unpaired) electrons. The Hall–Kier alpha value is -1.91. The Labute approximate surface area is 103 Å². The van der Waals surface area contributed by atoms with Crippen LogP contribution in [0, 0.1) is 11.6 Å². The van der Waals surface area contributed by atoms with Gasteiger partial charge in [0.25, 0.3) is 0 Å². The number of aromatic nitrogens is 2. The van der Waals surface area contributed by atoms with Crippen LogP contribution in [0.25, 0.3) is 11.1 Å². The Bertz CT molecular complexity index is 595. The van der Waals surface area contributed by atoms with Crippen LogP contribution in [0.5, 0.6) is 0 Å². The maximum absolute atomic E-state index is 13.3. The highest BCUT2D eigenvalue weighted by Crippen LogP contribution is 2.45. The van der Waals surface area contributed by atoms with Crippen LogP contribution in [0.3, 0.4) is 0 Å². The zero-order valence-corrected chi connectivity index (χ0v) is 9.95. The predicted octanol–water partition coefficient (Wildman–Crippen LogP) is 2.82. The van der Waals surface area contributed by atoms with E-state index in [0.29, 0.717) is 22.9 Å². The topological polar surface area (TPSA) is 43.8 Å². The molecule has 0 aliphatic heterocycles. The molecule has 18 heavy (non-hydrogen) atoms. The summed E-state index contributed by atoms with van der Waals surface area (Å²) in [4.78, 5) is 0. The Morgan fingerprint density at radius 3 is 2.39 bits per heavy atom. The second-order valence-electron chi connectivity index (χ2n) is 4.70. The highest BCUT2D eigenvalue weighted by atomic mass is 19.1. The SMILES string of the molecule is Cn1nc(C2CC2)c(-c2cc(F)cc(F)c2)c1N. The summed E-state index contributed by atoms with van der Waals surface area (Å²) in [6.45, 7) is 0. The van der Waals surface area contributed by atoms with Gasteiger partial charge < -0.3 is 5.73 Å². The number of nitrogen functional groups attached to an aromatic ring is 1. The van der Waals surface area contributed by atoms with Crippen LogP contribution < -0.4 is 5.73 Å². The van der Waals surface area contributed by atoms with E-state index in [0.717, 1.165) is 24.6 Å². The van der Waals surface area contributed by atoms with Crippen molar-refractivity contribution in [2.75, 3.05) is 5.73 Å². The van der Waals surface area contributed by atoms with Crippen molar-refractivity contribution in [2.24, 2.45) is 7.05 Å². The minimum Gasteiger partial charge on any atom is -0.383 e. The summed E-state index contributed by atoms with van der Waals surface area (Å²) in [6, 6.07) is 3.44. The molecular weight excluding hydrogens is 236 g/mol. The van der Waals surface area contributed by atoms with Gasteiger partial charge in [-0.25, -0.2) is 8.78 Å². The average Bonchev–Trinajstić information content (AvgIpc) is 3.06. The van der Waals surface area contributed by atoms with E-state index >= 15 is 0 Å². The number of aryl methyl sites for hydroxylation is 1. The predicted molar refractivity (Wildman–Crippen MR) is 64.9 cm³/mol. The van der Waals surface area contributed by atoms with Crippen LogP contribution >= 0.6 is 0 Å². The van der Waals surface area contributed by atoms with Crippen molar-refractivity contribution in [3.63, 3.8) is 0 Å². The Balaban J connectivity index is 2.20. The number of benzene rings is 1. The van der Waals surface area contributed by atoms with Gasteiger partial charge in [0.1, 0.15) is 17.5 Å². The molecule has 0 spiro atoms. The number of nitrogens with zero attached hydrogens (tertiary/aromatic N) is 2. The van der Waals surface area contributed by atoms with Gasteiger partial charge in [0.05, 0.1) is 5.69 Å². The molecule has 1 saturated carbocycles. The van der Waals surface area contributed by atoms with E-state index in [1.54, 1.807) is 11.7 Å². The number of rotatable bonds is 2. The summed E-state index contributed by atoms with van der Waals surface area (Å²) in [7, 11) is 1.74. The minimum absolute atomic E-state index is 0.370. The van der Waals surface area contributed by atoms with Gasteiger partial charge in [0.15, 0.2) is 0 Å². The molecule has 94 valence electrons. The Kier molecular flexibility index (Phi) is 2.36. The van der Waals surface area contributed by atoms with Gasteiger partial charge in [-0.2, -0.15) is 5.10 Å². The number of anilines is 1. The van der Waals surface area contributed by atoms with Crippen molar-refractivity contribution in [3.05, 3.63) is 35.5 Å². The van der Waals surface area contributed by atoms with E-state index in [-0.39, 0.29) is 0 Å². The minimum atomic E-state index is -0.602. The first-order chi connectivity index (χ1) is 8.56. The molecule has 1 heterocycles. The van der Waals surface area contributed by atoms with E-state index in [9.17, 15) is 8.78 Å². The first kappa shape index (κ1) is 11.2. The van der Waals surface area contributed by atoms with Crippen molar-refractivity contribution in [2.45, 2.75) is 18.8 Å². The molecule has 5 heteroatoms. The van der Waals surface area contributed by atoms with Gasteiger partial charge in [-0.3, -0.25) is 4.68 Å². The van der Waals surface area contributed by atoms with E-state index in [1.165, 1.54) is 12.1 Å². The van der Waals surface area contributed by atoms with E-state index in [2.05, 4.69) is 5.10 Å². The fourth-order valence-electron chi connectivity index (χ4n) is 2.19. The molecule has 2 aromatic rings. The summed E-state index contributed by atoms with van der Waals surface area (Å²) < 4.78 is 28.1. The first-order valence-corrected chi connectivity index (χ1v) is 5.85. The molecular formula is C13H13F2N3. The van der Waals surface area contributed by atoms with Gasteiger partial charge in [-0.15, -0.1) is 0 Å². The molecule has 3 nitrogen and oxygen atoms in total. The molecule has 1 fully saturated rings. The summed E-state index contributed by atoms with van der Waals surface area (Å²) >= 11 is 0. The number of hydrogen-bond acceptors (Lipinski definition) is 2. The van der Waals surface area contributed by atoms with Gasteiger partial charge in [-0.1, -0.05) is 0 Å². The highest BCUT2D eigenvalue weighted by molar-refractivity contribution is 5.77. The molecule has 1 aliphatic rings. The second kappa shape index (κ2) is 3.80. The molecule has 3 rings (SSSR count). The lowest BCUT2D eigenvalue weighted by Gasteiger charge is -2.04. The van der Waals surface area contributed by atoms with Crippen molar-refractivity contribution < 1.29 is 8.78 Å². The zero-order chi connectivity index (χ0) is 12.9. The number of hydrogen-bond donors (Lipinski definition) is 1. The normalized spacial score (nSPS) is 15.1. The van der Waals surface area contributed by atoms with Crippen LogP contribution in [0.4, 0.5) is 14.6 Å². The first-order valence-electron chi connectivity index (χ1n) is 5.85. The van der Waals surface area contributed by atoms with Crippen molar-refractivity contribution in [1.29, 1.82) is 0 Å². The number of nitrogens with two attached hydrogens (primary N) is 1. The van der Waals surface area contributed by atoms with Crippen LogP contribution in [-0.2, 0) is 7.05 Å². The smallest absolute Gasteiger partial charge is 0.129 e.